The van der Waals surface area contributed by atoms with E-state index in [9.17, 15) is 9.90 Å². The van der Waals surface area contributed by atoms with Crippen LogP contribution in [0.2, 0.25) is 0 Å². The summed E-state index contributed by atoms with van der Waals surface area (Å²) in [5, 5.41) is 18.7. The Morgan fingerprint density at radius 1 is 1.44 bits per heavy atom. The summed E-state index contributed by atoms with van der Waals surface area (Å²) in [5.41, 5.74) is 0.207. The van der Waals surface area contributed by atoms with E-state index in [1.165, 1.54) is 30.9 Å². The van der Waals surface area contributed by atoms with E-state index in [0.717, 1.165) is 0 Å². The molecule has 0 fully saturated rings. The maximum Gasteiger partial charge on any atom is 0.339 e. The third-order valence-electron chi connectivity index (χ3n) is 2.06. The Kier molecular flexibility index (Phi) is 2.65. The van der Waals surface area contributed by atoms with E-state index >= 15 is 0 Å². The van der Waals surface area contributed by atoms with Gasteiger partial charge in [-0.15, -0.1) is 0 Å². The van der Waals surface area contributed by atoms with Crippen molar-refractivity contribution in [2.75, 3.05) is 0 Å². The molecule has 0 spiro atoms. The number of carbonyl (C=O) groups is 1. The number of rotatable bonds is 3. The van der Waals surface area contributed by atoms with Gasteiger partial charge in [0.1, 0.15) is 11.9 Å². The average Bonchev–Trinajstić information content (AvgIpc) is 2.78. The van der Waals surface area contributed by atoms with Crippen molar-refractivity contribution in [2.45, 2.75) is 6.10 Å². The van der Waals surface area contributed by atoms with Gasteiger partial charge in [0.15, 0.2) is 11.9 Å². The van der Waals surface area contributed by atoms with E-state index in [0.29, 0.717) is 0 Å². The van der Waals surface area contributed by atoms with Crippen LogP contribution in [0.3, 0.4) is 0 Å². The third-order valence-corrected chi connectivity index (χ3v) is 2.06. The van der Waals surface area contributed by atoms with Crippen LogP contribution in [0.1, 0.15) is 27.9 Å². The highest BCUT2D eigenvalue weighted by Crippen LogP contribution is 2.24. The van der Waals surface area contributed by atoms with Gasteiger partial charge >= 0.3 is 5.97 Å². The predicted octanol–water partition coefficient (Wildman–Crippen LogP) is 0.849. The van der Waals surface area contributed by atoms with Crippen LogP contribution in [0, 0.1) is 0 Å². The standard InChI is InChI=1S/C10H8N2O4/c13-8(7-1-3-11-5-12-7)9-6(10(14)15)2-4-16-9/h1-5,8,13H,(H,14,15). The van der Waals surface area contributed by atoms with Crippen LogP contribution in [0.25, 0.3) is 0 Å². The van der Waals surface area contributed by atoms with Crippen LogP contribution in [-0.2, 0) is 0 Å². The van der Waals surface area contributed by atoms with Crippen molar-refractivity contribution in [1.29, 1.82) is 0 Å². The number of aromatic carboxylic acids is 1. The molecular formula is C10H8N2O4. The number of aliphatic hydroxyl groups is 1. The topological polar surface area (TPSA) is 96.5 Å². The number of aromatic nitrogens is 2. The van der Waals surface area contributed by atoms with Crippen molar-refractivity contribution in [3.05, 3.63) is 47.9 Å². The summed E-state index contributed by atoms with van der Waals surface area (Å²) in [6.07, 6.45) is 2.73. The van der Waals surface area contributed by atoms with Crippen LogP contribution in [0.4, 0.5) is 0 Å². The number of carboxylic acids is 1. The molecule has 6 nitrogen and oxygen atoms in total. The van der Waals surface area contributed by atoms with Gasteiger partial charge in [0.2, 0.25) is 0 Å². The van der Waals surface area contributed by atoms with Crippen LogP contribution >= 0.6 is 0 Å². The van der Waals surface area contributed by atoms with Gasteiger partial charge in [-0.2, -0.15) is 0 Å². The highest BCUT2D eigenvalue weighted by molar-refractivity contribution is 5.88. The van der Waals surface area contributed by atoms with Gasteiger partial charge in [-0.3, -0.25) is 0 Å². The first-order valence-corrected chi connectivity index (χ1v) is 4.45. The second kappa shape index (κ2) is 4.11. The third kappa shape index (κ3) is 1.78. The first kappa shape index (κ1) is 10.3. The second-order valence-electron chi connectivity index (χ2n) is 3.04. The molecule has 0 aliphatic heterocycles. The van der Waals surface area contributed by atoms with Gasteiger partial charge in [0.25, 0.3) is 0 Å². The molecule has 0 bridgehead atoms. The van der Waals surface area contributed by atoms with Gasteiger partial charge in [-0.1, -0.05) is 0 Å². The highest BCUT2D eigenvalue weighted by atomic mass is 16.4. The average molecular weight is 220 g/mol. The Morgan fingerprint density at radius 2 is 2.25 bits per heavy atom. The van der Waals surface area contributed by atoms with Gasteiger partial charge in [-0.05, 0) is 12.1 Å². The Labute approximate surface area is 90.2 Å². The van der Waals surface area contributed by atoms with Crippen molar-refractivity contribution in [2.24, 2.45) is 0 Å². The second-order valence-corrected chi connectivity index (χ2v) is 3.04. The van der Waals surface area contributed by atoms with E-state index in [1.54, 1.807) is 0 Å². The van der Waals surface area contributed by atoms with Crippen molar-refractivity contribution >= 4 is 5.97 Å². The largest absolute Gasteiger partial charge is 0.478 e. The molecule has 0 saturated heterocycles. The van der Waals surface area contributed by atoms with Gasteiger partial charge in [0, 0.05) is 6.20 Å². The number of hydrogen-bond acceptors (Lipinski definition) is 5. The molecule has 0 aromatic carbocycles. The molecule has 1 atom stereocenters. The van der Waals surface area contributed by atoms with E-state index in [2.05, 4.69) is 9.97 Å². The highest BCUT2D eigenvalue weighted by Gasteiger charge is 2.22. The van der Waals surface area contributed by atoms with Crippen LogP contribution in [0.15, 0.2) is 35.3 Å². The zero-order chi connectivity index (χ0) is 11.5. The summed E-state index contributed by atoms with van der Waals surface area (Å²) in [6.45, 7) is 0. The molecule has 0 radical (unpaired) electrons. The summed E-state index contributed by atoms with van der Waals surface area (Å²) in [6, 6.07) is 2.76. The zero-order valence-electron chi connectivity index (χ0n) is 8.07. The molecule has 2 heterocycles. The molecule has 6 heteroatoms. The Balaban J connectivity index is 2.38. The number of aliphatic hydroxyl groups excluding tert-OH is 1. The lowest BCUT2D eigenvalue weighted by atomic mass is 10.1. The smallest absolute Gasteiger partial charge is 0.339 e. The summed E-state index contributed by atoms with van der Waals surface area (Å²) in [4.78, 5) is 18.3. The maximum absolute atomic E-state index is 10.8. The number of carboxylic acid groups (broad SMARTS) is 1. The summed E-state index contributed by atoms with van der Waals surface area (Å²) in [7, 11) is 0. The van der Waals surface area contributed by atoms with Gasteiger partial charge < -0.3 is 14.6 Å². The molecule has 2 aromatic heterocycles. The minimum absolute atomic E-state index is 0.0359. The molecule has 2 aromatic rings. The summed E-state index contributed by atoms with van der Waals surface area (Å²) < 4.78 is 4.95. The number of nitrogens with zero attached hydrogens (tertiary/aromatic N) is 2. The zero-order valence-corrected chi connectivity index (χ0v) is 8.07. The molecule has 2 rings (SSSR count). The number of furan rings is 1. The van der Waals surface area contributed by atoms with E-state index in [-0.39, 0.29) is 17.0 Å². The minimum Gasteiger partial charge on any atom is -0.478 e. The molecule has 0 aliphatic rings. The first-order valence-electron chi connectivity index (χ1n) is 4.45. The molecule has 2 N–H and O–H groups in total. The van der Waals surface area contributed by atoms with E-state index in [1.807, 2.05) is 0 Å². The van der Waals surface area contributed by atoms with Gasteiger partial charge in [-0.25, -0.2) is 14.8 Å². The fraction of sp³-hybridized carbons (Fsp3) is 0.100. The number of hydrogen-bond donors (Lipinski definition) is 2. The van der Waals surface area contributed by atoms with E-state index < -0.39 is 12.1 Å². The first-order chi connectivity index (χ1) is 7.70. The lowest BCUT2D eigenvalue weighted by Gasteiger charge is -2.07. The molecule has 0 amide bonds. The monoisotopic (exact) mass is 220 g/mol. The quantitative estimate of drug-likeness (QED) is 0.795. The lowest BCUT2D eigenvalue weighted by molar-refractivity contribution is 0.0687. The fourth-order valence-electron chi connectivity index (χ4n) is 1.31. The van der Waals surface area contributed by atoms with Crippen molar-refractivity contribution in [3.8, 4) is 0 Å². The maximum atomic E-state index is 10.8. The lowest BCUT2D eigenvalue weighted by Crippen LogP contribution is -2.07. The molecule has 82 valence electrons. The predicted molar refractivity (Wildman–Crippen MR) is 51.8 cm³/mol. The Bertz CT molecular complexity index is 495. The summed E-state index contributed by atoms with van der Waals surface area (Å²) in [5.74, 6) is -1.19. The van der Waals surface area contributed by atoms with Crippen LogP contribution in [0.5, 0.6) is 0 Å². The molecule has 0 aliphatic carbocycles. The molecular weight excluding hydrogens is 212 g/mol. The minimum atomic E-state index is -1.20. The SMILES string of the molecule is O=C(O)c1ccoc1C(O)c1ccncn1. The van der Waals surface area contributed by atoms with Crippen LogP contribution in [-0.4, -0.2) is 26.2 Å². The fourth-order valence-corrected chi connectivity index (χ4v) is 1.31. The normalized spacial score (nSPS) is 12.3. The summed E-state index contributed by atoms with van der Waals surface area (Å²) >= 11 is 0. The van der Waals surface area contributed by atoms with Crippen molar-refractivity contribution in [1.82, 2.24) is 9.97 Å². The van der Waals surface area contributed by atoms with Crippen molar-refractivity contribution in [3.63, 3.8) is 0 Å². The molecule has 1 unspecified atom stereocenters. The Morgan fingerprint density at radius 3 is 2.88 bits per heavy atom. The molecule has 16 heavy (non-hydrogen) atoms. The van der Waals surface area contributed by atoms with Crippen molar-refractivity contribution < 1.29 is 19.4 Å². The van der Waals surface area contributed by atoms with E-state index in [4.69, 9.17) is 9.52 Å². The van der Waals surface area contributed by atoms with Gasteiger partial charge in [0.05, 0.1) is 12.0 Å². The van der Waals surface area contributed by atoms with Crippen LogP contribution < -0.4 is 0 Å². The Hall–Kier alpha value is -2.21. The molecule has 0 saturated carbocycles.